The van der Waals surface area contributed by atoms with E-state index in [1.54, 1.807) is 18.2 Å². The number of benzene rings is 1. The summed E-state index contributed by atoms with van der Waals surface area (Å²) in [5.74, 6) is 5.10. The molecule has 116 valence electrons. The Balaban J connectivity index is 2.44. The van der Waals surface area contributed by atoms with Gasteiger partial charge in [-0.2, -0.15) is 0 Å². The Morgan fingerprint density at radius 2 is 2.05 bits per heavy atom. The third kappa shape index (κ3) is 5.43. The van der Waals surface area contributed by atoms with Gasteiger partial charge in [-0.15, -0.1) is 0 Å². The monoisotopic (exact) mass is 292 g/mol. The van der Waals surface area contributed by atoms with E-state index in [0.29, 0.717) is 12.1 Å². The van der Waals surface area contributed by atoms with Gasteiger partial charge < -0.3 is 16.1 Å². The largest absolute Gasteiger partial charge is 0.354 e. The molecule has 21 heavy (non-hydrogen) atoms. The second-order valence-corrected chi connectivity index (χ2v) is 5.06. The summed E-state index contributed by atoms with van der Waals surface area (Å²) < 4.78 is 0. The van der Waals surface area contributed by atoms with Crippen LogP contribution in [0, 0.1) is 6.92 Å². The van der Waals surface area contributed by atoms with E-state index >= 15 is 0 Å². The van der Waals surface area contributed by atoms with Gasteiger partial charge in [0.25, 0.3) is 5.91 Å². The number of carbonyl (C=O) groups is 2. The van der Waals surface area contributed by atoms with Crippen molar-refractivity contribution < 1.29 is 9.59 Å². The molecule has 1 unspecified atom stereocenters. The summed E-state index contributed by atoms with van der Waals surface area (Å²) >= 11 is 0. The Bertz CT molecular complexity index is 502. The molecule has 0 aliphatic heterocycles. The molecule has 0 saturated heterocycles. The zero-order valence-corrected chi connectivity index (χ0v) is 12.8. The van der Waals surface area contributed by atoms with Crippen LogP contribution >= 0.6 is 0 Å². The highest BCUT2D eigenvalue weighted by Gasteiger charge is 2.09. The van der Waals surface area contributed by atoms with Crippen molar-refractivity contribution >= 4 is 17.5 Å². The van der Waals surface area contributed by atoms with E-state index in [2.05, 4.69) is 16.1 Å². The first-order valence-corrected chi connectivity index (χ1v) is 7.12. The molecule has 0 heterocycles. The summed E-state index contributed by atoms with van der Waals surface area (Å²) in [5, 5.41) is 5.59. The fourth-order valence-corrected chi connectivity index (χ4v) is 1.81. The lowest BCUT2D eigenvalue weighted by molar-refractivity contribution is -0.121. The summed E-state index contributed by atoms with van der Waals surface area (Å²) in [6.07, 6.45) is 1.16. The molecule has 0 aromatic heterocycles. The van der Waals surface area contributed by atoms with E-state index in [-0.39, 0.29) is 24.3 Å². The Morgan fingerprint density at radius 1 is 1.33 bits per heavy atom. The highest BCUT2D eigenvalue weighted by Crippen LogP contribution is 2.14. The zero-order valence-electron chi connectivity index (χ0n) is 12.8. The van der Waals surface area contributed by atoms with Crippen LogP contribution in [0.2, 0.25) is 0 Å². The number of hydrogen-bond donors (Lipinski definition) is 4. The first kappa shape index (κ1) is 17.0. The molecule has 0 aliphatic carbocycles. The molecule has 1 atom stereocenters. The van der Waals surface area contributed by atoms with E-state index in [4.69, 9.17) is 5.84 Å². The van der Waals surface area contributed by atoms with Crippen molar-refractivity contribution in [3.63, 3.8) is 0 Å². The number of hydrazine groups is 1. The maximum atomic E-state index is 12.0. The fraction of sp³-hybridized carbons (Fsp3) is 0.467. The average molecular weight is 292 g/mol. The van der Waals surface area contributed by atoms with E-state index < -0.39 is 0 Å². The number of hydrogen-bond acceptors (Lipinski definition) is 4. The van der Waals surface area contributed by atoms with Gasteiger partial charge in [0.05, 0.1) is 5.69 Å². The molecule has 1 rings (SSSR count). The van der Waals surface area contributed by atoms with Gasteiger partial charge in [-0.25, -0.2) is 0 Å². The maximum Gasteiger partial charge on any atom is 0.251 e. The molecule has 0 saturated carbocycles. The third-order valence-corrected chi connectivity index (χ3v) is 3.30. The summed E-state index contributed by atoms with van der Waals surface area (Å²) in [5.41, 5.74) is 4.77. The van der Waals surface area contributed by atoms with Gasteiger partial charge in [0.1, 0.15) is 0 Å². The lowest BCUT2D eigenvalue weighted by atomic mass is 10.1. The van der Waals surface area contributed by atoms with E-state index in [0.717, 1.165) is 17.7 Å². The first-order valence-electron chi connectivity index (χ1n) is 7.12. The van der Waals surface area contributed by atoms with Gasteiger partial charge in [-0.1, -0.05) is 6.92 Å². The summed E-state index contributed by atoms with van der Waals surface area (Å²) in [6, 6.07) is 5.35. The molecule has 0 radical (unpaired) electrons. The van der Waals surface area contributed by atoms with Crippen molar-refractivity contribution in [3.05, 3.63) is 29.3 Å². The van der Waals surface area contributed by atoms with Gasteiger partial charge in [0.15, 0.2) is 0 Å². The molecule has 1 aromatic rings. The molecule has 0 spiro atoms. The van der Waals surface area contributed by atoms with Crippen LogP contribution in [0.3, 0.4) is 0 Å². The molecule has 0 fully saturated rings. The topological polar surface area (TPSA) is 96.2 Å². The Kier molecular flexibility index (Phi) is 6.68. The lowest BCUT2D eigenvalue weighted by Crippen LogP contribution is -2.35. The molecular formula is C15H24N4O2. The minimum atomic E-state index is -0.196. The highest BCUT2D eigenvalue weighted by molar-refractivity contribution is 5.95. The number of anilines is 1. The van der Waals surface area contributed by atoms with Crippen LogP contribution in [0.15, 0.2) is 18.2 Å². The minimum absolute atomic E-state index is 0.0523. The SMILES string of the molecule is CCC(C)NC(=O)CCNC(=O)c1ccc(NN)c(C)c1. The quantitative estimate of drug-likeness (QED) is 0.450. The van der Waals surface area contributed by atoms with E-state index in [1.165, 1.54) is 0 Å². The predicted molar refractivity (Wildman–Crippen MR) is 83.8 cm³/mol. The fourth-order valence-electron chi connectivity index (χ4n) is 1.81. The van der Waals surface area contributed by atoms with Gasteiger partial charge in [-0.05, 0) is 44.0 Å². The van der Waals surface area contributed by atoms with Crippen molar-refractivity contribution in [2.24, 2.45) is 5.84 Å². The summed E-state index contributed by atoms with van der Waals surface area (Å²) in [7, 11) is 0. The predicted octanol–water partition coefficient (Wildman–Crippen LogP) is 1.32. The van der Waals surface area contributed by atoms with Crippen molar-refractivity contribution in [2.75, 3.05) is 12.0 Å². The molecule has 5 N–H and O–H groups in total. The van der Waals surface area contributed by atoms with Crippen LogP contribution in [0.1, 0.15) is 42.6 Å². The van der Waals surface area contributed by atoms with Crippen LogP contribution in [0.25, 0.3) is 0 Å². The number of rotatable bonds is 7. The Labute approximate surface area is 125 Å². The third-order valence-electron chi connectivity index (χ3n) is 3.30. The number of nitrogens with one attached hydrogen (secondary N) is 3. The molecule has 0 bridgehead atoms. The number of nitrogen functional groups attached to an aromatic ring is 1. The van der Waals surface area contributed by atoms with E-state index in [1.807, 2.05) is 20.8 Å². The Morgan fingerprint density at radius 3 is 2.62 bits per heavy atom. The molecule has 2 amide bonds. The van der Waals surface area contributed by atoms with Crippen LogP contribution in [0.4, 0.5) is 5.69 Å². The number of carbonyl (C=O) groups excluding carboxylic acids is 2. The molecular weight excluding hydrogens is 268 g/mol. The highest BCUT2D eigenvalue weighted by atomic mass is 16.2. The molecule has 6 heteroatoms. The Hall–Kier alpha value is -2.08. The van der Waals surface area contributed by atoms with Crippen molar-refractivity contribution in [2.45, 2.75) is 39.7 Å². The van der Waals surface area contributed by atoms with Gasteiger partial charge >= 0.3 is 0 Å². The number of aryl methyl sites for hydroxylation is 1. The van der Waals surface area contributed by atoms with Gasteiger partial charge in [-0.3, -0.25) is 15.4 Å². The second-order valence-electron chi connectivity index (χ2n) is 5.06. The number of nitrogens with two attached hydrogens (primary N) is 1. The molecule has 6 nitrogen and oxygen atoms in total. The first-order chi connectivity index (χ1) is 9.97. The zero-order chi connectivity index (χ0) is 15.8. The van der Waals surface area contributed by atoms with Crippen molar-refractivity contribution in [3.8, 4) is 0 Å². The summed E-state index contributed by atoms with van der Waals surface area (Å²) in [4.78, 5) is 23.5. The van der Waals surface area contributed by atoms with Gasteiger partial charge in [0, 0.05) is 24.6 Å². The second kappa shape index (κ2) is 8.26. The smallest absolute Gasteiger partial charge is 0.251 e. The van der Waals surface area contributed by atoms with Crippen LogP contribution in [-0.4, -0.2) is 24.4 Å². The average Bonchev–Trinajstić information content (AvgIpc) is 2.46. The van der Waals surface area contributed by atoms with Crippen molar-refractivity contribution in [1.82, 2.24) is 10.6 Å². The standard InChI is InChI=1S/C15H24N4O2/c1-4-11(3)18-14(20)7-8-17-15(21)12-5-6-13(19-16)10(2)9-12/h5-6,9,11,19H,4,7-8,16H2,1-3H3,(H,17,21)(H,18,20). The normalized spacial score (nSPS) is 11.6. The van der Waals surface area contributed by atoms with Gasteiger partial charge in [0.2, 0.25) is 5.91 Å². The molecule has 0 aliphatic rings. The van der Waals surface area contributed by atoms with Crippen LogP contribution < -0.4 is 21.9 Å². The number of amides is 2. The van der Waals surface area contributed by atoms with E-state index in [9.17, 15) is 9.59 Å². The summed E-state index contributed by atoms with van der Waals surface area (Å²) in [6.45, 7) is 6.14. The molecule has 1 aromatic carbocycles. The van der Waals surface area contributed by atoms with Crippen LogP contribution in [0.5, 0.6) is 0 Å². The maximum absolute atomic E-state index is 12.0. The van der Waals surface area contributed by atoms with Crippen LogP contribution in [-0.2, 0) is 4.79 Å². The minimum Gasteiger partial charge on any atom is -0.354 e. The van der Waals surface area contributed by atoms with Crippen molar-refractivity contribution in [1.29, 1.82) is 0 Å². The lowest BCUT2D eigenvalue weighted by Gasteiger charge is -2.12.